The number of pyridine rings is 1. The second kappa shape index (κ2) is 7.79. The van der Waals surface area contributed by atoms with E-state index in [0.29, 0.717) is 12.3 Å². The quantitative estimate of drug-likeness (QED) is 0.887. The van der Waals surface area contributed by atoms with Gasteiger partial charge in [-0.2, -0.15) is 0 Å². The standard InChI is InChI=1S/C19H28N4O/c1-3-6-18(24)20-11-16-8-5-9-22(13-16)14-17-12-21-19-15(2)7-4-10-23(17)19/h4,7,10,12,16H,3,5-6,8-9,11,13-14H2,1-2H3,(H,20,24). The lowest BCUT2D eigenvalue weighted by molar-refractivity contribution is -0.121. The number of hydrogen-bond acceptors (Lipinski definition) is 3. The number of aromatic nitrogens is 2. The summed E-state index contributed by atoms with van der Waals surface area (Å²) in [5, 5.41) is 3.09. The lowest BCUT2D eigenvalue weighted by atomic mass is 9.98. The number of likely N-dealkylation sites (tertiary alicyclic amines) is 1. The molecule has 0 radical (unpaired) electrons. The first-order valence-electron chi connectivity index (χ1n) is 9.08. The van der Waals surface area contributed by atoms with Gasteiger partial charge in [0, 0.05) is 32.3 Å². The molecule has 0 aromatic carbocycles. The highest BCUT2D eigenvalue weighted by molar-refractivity contribution is 5.75. The number of nitrogens with zero attached hydrogens (tertiary/aromatic N) is 3. The molecule has 1 unspecified atom stereocenters. The van der Waals surface area contributed by atoms with Crippen LogP contribution in [0.4, 0.5) is 0 Å². The van der Waals surface area contributed by atoms with Crippen molar-refractivity contribution in [2.24, 2.45) is 5.92 Å². The predicted octanol–water partition coefficient (Wildman–Crippen LogP) is 2.77. The predicted molar refractivity (Wildman–Crippen MR) is 95.8 cm³/mol. The van der Waals surface area contributed by atoms with Crippen LogP contribution in [0, 0.1) is 12.8 Å². The lowest BCUT2D eigenvalue weighted by Crippen LogP contribution is -2.40. The van der Waals surface area contributed by atoms with E-state index in [1.54, 1.807) is 0 Å². The van der Waals surface area contributed by atoms with Crippen LogP contribution in [0.3, 0.4) is 0 Å². The smallest absolute Gasteiger partial charge is 0.219 e. The van der Waals surface area contributed by atoms with E-state index < -0.39 is 0 Å². The first-order valence-corrected chi connectivity index (χ1v) is 9.08. The SMILES string of the molecule is CCCC(=O)NCC1CCCN(Cc2cnc3c(C)cccn23)C1. The molecule has 1 amide bonds. The van der Waals surface area contributed by atoms with E-state index in [1.807, 2.05) is 13.1 Å². The Balaban J connectivity index is 1.58. The highest BCUT2D eigenvalue weighted by Crippen LogP contribution is 2.19. The van der Waals surface area contributed by atoms with Crippen molar-refractivity contribution in [3.63, 3.8) is 0 Å². The molecule has 0 spiro atoms. The fraction of sp³-hybridized carbons (Fsp3) is 0.579. The molecule has 130 valence electrons. The van der Waals surface area contributed by atoms with Crippen molar-refractivity contribution < 1.29 is 4.79 Å². The number of aryl methyl sites for hydroxylation is 1. The van der Waals surface area contributed by atoms with Gasteiger partial charge in [-0.3, -0.25) is 9.69 Å². The molecule has 1 atom stereocenters. The van der Waals surface area contributed by atoms with Crippen molar-refractivity contribution in [2.75, 3.05) is 19.6 Å². The van der Waals surface area contributed by atoms with Crippen LogP contribution in [0.1, 0.15) is 43.9 Å². The Kier molecular flexibility index (Phi) is 5.51. The average Bonchev–Trinajstić information content (AvgIpc) is 2.98. The number of hydrogen-bond donors (Lipinski definition) is 1. The second-order valence-corrected chi connectivity index (χ2v) is 6.93. The van der Waals surface area contributed by atoms with Gasteiger partial charge in [0.25, 0.3) is 0 Å². The molecule has 2 aromatic heterocycles. The lowest BCUT2D eigenvalue weighted by Gasteiger charge is -2.32. The number of carbonyl (C=O) groups is 1. The van der Waals surface area contributed by atoms with E-state index in [2.05, 4.69) is 44.9 Å². The Bertz CT molecular complexity index is 694. The van der Waals surface area contributed by atoms with Crippen molar-refractivity contribution in [3.8, 4) is 0 Å². The van der Waals surface area contributed by atoms with Crippen LogP contribution in [0.5, 0.6) is 0 Å². The van der Waals surface area contributed by atoms with Crippen LogP contribution in [-0.4, -0.2) is 39.8 Å². The van der Waals surface area contributed by atoms with Crippen LogP contribution in [0.25, 0.3) is 5.65 Å². The summed E-state index contributed by atoms with van der Waals surface area (Å²) in [6.45, 7) is 8.04. The fourth-order valence-electron chi connectivity index (χ4n) is 3.58. The molecule has 1 fully saturated rings. The molecule has 0 aliphatic carbocycles. The van der Waals surface area contributed by atoms with Gasteiger partial charge in [-0.15, -0.1) is 0 Å². The maximum Gasteiger partial charge on any atom is 0.219 e. The summed E-state index contributed by atoms with van der Waals surface area (Å²) in [7, 11) is 0. The summed E-state index contributed by atoms with van der Waals surface area (Å²) in [4.78, 5) is 18.7. The van der Waals surface area contributed by atoms with Gasteiger partial charge in [0.15, 0.2) is 0 Å². The Hall–Kier alpha value is -1.88. The molecule has 1 saturated heterocycles. The summed E-state index contributed by atoms with van der Waals surface area (Å²) >= 11 is 0. The van der Waals surface area contributed by atoms with Gasteiger partial charge in [-0.1, -0.05) is 13.0 Å². The number of fused-ring (bicyclic) bond motifs is 1. The maximum absolute atomic E-state index is 11.7. The van der Waals surface area contributed by atoms with E-state index >= 15 is 0 Å². The minimum atomic E-state index is 0.187. The molecule has 1 N–H and O–H groups in total. The summed E-state index contributed by atoms with van der Waals surface area (Å²) in [5.74, 6) is 0.743. The van der Waals surface area contributed by atoms with Gasteiger partial charge in [0.2, 0.25) is 5.91 Å². The molecule has 2 aromatic rings. The van der Waals surface area contributed by atoms with E-state index in [1.165, 1.54) is 24.1 Å². The van der Waals surface area contributed by atoms with Gasteiger partial charge in [0.05, 0.1) is 11.9 Å². The van der Waals surface area contributed by atoms with Crippen molar-refractivity contribution in [3.05, 3.63) is 35.8 Å². The minimum absolute atomic E-state index is 0.187. The molecule has 1 aliphatic heterocycles. The number of carbonyl (C=O) groups excluding carboxylic acids is 1. The van der Waals surface area contributed by atoms with E-state index in [9.17, 15) is 4.79 Å². The first-order chi connectivity index (χ1) is 11.7. The van der Waals surface area contributed by atoms with E-state index in [0.717, 1.165) is 38.2 Å². The normalized spacial score (nSPS) is 18.8. The second-order valence-electron chi connectivity index (χ2n) is 6.93. The van der Waals surface area contributed by atoms with Gasteiger partial charge < -0.3 is 9.72 Å². The molecule has 24 heavy (non-hydrogen) atoms. The topological polar surface area (TPSA) is 49.6 Å². The Labute approximate surface area is 144 Å². The molecular formula is C19H28N4O. The van der Waals surface area contributed by atoms with Gasteiger partial charge in [-0.25, -0.2) is 4.98 Å². The summed E-state index contributed by atoms with van der Waals surface area (Å²) < 4.78 is 2.20. The van der Waals surface area contributed by atoms with Crippen LogP contribution in [-0.2, 0) is 11.3 Å². The molecule has 1 aliphatic rings. The van der Waals surface area contributed by atoms with Gasteiger partial charge in [-0.05, 0) is 50.3 Å². The van der Waals surface area contributed by atoms with E-state index in [-0.39, 0.29) is 5.91 Å². The third-order valence-corrected chi connectivity index (χ3v) is 4.86. The van der Waals surface area contributed by atoms with Crippen molar-refractivity contribution in [2.45, 2.75) is 46.1 Å². The zero-order chi connectivity index (χ0) is 16.9. The highest BCUT2D eigenvalue weighted by Gasteiger charge is 2.21. The van der Waals surface area contributed by atoms with Crippen molar-refractivity contribution >= 4 is 11.6 Å². The molecule has 0 bridgehead atoms. The summed E-state index contributed by atoms with van der Waals surface area (Å²) in [5.41, 5.74) is 3.50. The molecule has 0 saturated carbocycles. The van der Waals surface area contributed by atoms with Crippen LogP contribution < -0.4 is 5.32 Å². The Morgan fingerprint density at radius 2 is 2.33 bits per heavy atom. The fourth-order valence-corrected chi connectivity index (χ4v) is 3.58. The van der Waals surface area contributed by atoms with Crippen molar-refractivity contribution in [1.82, 2.24) is 19.6 Å². The number of rotatable bonds is 6. The third kappa shape index (κ3) is 3.96. The third-order valence-electron chi connectivity index (χ3n) is 4.86. The monoisotopic (exact) mass is 328 g/mol. The first kappa shape index (κ1) is 17.0. The highest BCUT2D eigenvalue weighted by atomic mass is 16.1. The van der Waals surface area contributed by atoms with Crippen molar-refractivity contribution in [1.29, 1.82) is 0 Å². The molecular weight excluding hydrogens is 300 g/mol. The van der Waals surface area contributed by atoms with Gasteiger partial charge >= 0.3 is 0 Å². The summed E-state index contributed by atoms with van der Waals surface area (Å²) in [6.07, 6.45) is 8.04. The average molecular weight is 328 g/mol. The Morgan fingerprint density at radius 3 is 3.17 bits per heavy atom. The zero-order valence-electron chi connectivity index (χ0n) is 14.8. The largest absolute Gasteiger partial charge is 0.356 e. The number of amides is 1. The number of nitrogens with one attached hydrogen (secondary N) is 1. The molecule has 3 rings (SSSR count). The van der Waals surface area contributed by atoms with Crippen LogP contribution in [0.2, 0.25) is 0 Å². The maximum atomic E-state index is 11.7. The van der Waals surface area contributed by atoms with E-state index in [4.69, 9.17) is 0 Å². The zero-order valence-corrected chi connectivity index (χ0v) is 14.8. The Morgan fingerprint density at radius 1 is 1.46 bits per heavy atom. The van der Waals surface area contributed by atoms with Crippen LogP contribution in [0.15, 0.2) is 24.5 Å². The summed E-state index contributed by atoms with van der Waals surface area (Å²) in [6, 6.07) is 4.18. The number of imidazole rings is 1. The number of piperidine rings is 1. The van der Waals surface area contributed by atoms with Crippen LogP contribution >= 0.6 is 0 Å². The molecule has 5 heteroatoms. The van der Waals surface area contributed by atoms with Gasteiger partial charge in [0.1, 0.15) is 5.65 Å². The molecule has 5 nitrogen and oxygen atoms in total. The minimum Gasteiger partial charge on any atom is -0.356 e. The molecule has 3 heterocycles.